The van der Waals surface area contributed by atoms with Crippen molar-refractivity contribution in [2.45, 2.75) is 26.5 Å². The molecule has 0 aliphatic carbocycles. The molecule has 0 saturated heterocycles. The van der Waals surface area contributed by atoms with Gasteiger partial charge in [0.1, 0.15) is 5.75 Å². The Morgan fingerprint density at radius 3 is 2.32 bits per heavy atom. The van der Waals surface area contributed by atoms with Crippen molar-refractivity contribution in [1.82, 2.24) is 0 Å². The van der Waals surface area contributed by atoms with Crippen LogP contribution in [0.4, 0.5) is 11.4 Å². The van der Waals surface area contributed by atoms with Crippen LogP contribution < -0.4 is 15.8 Å². The zero-order valence-corrected chi connectivity index (χ0v) is 16.3. The summed E-state index contributed by atoms with van der Waals surface area (Å²) in [5.74, 6) is 1.06. The van der Waals surface area contributed by atoms with Crippen LogP contribution in [0.2, 0.25) is 0 Å². The molecule has 0 aliphatic heterocycles. The standard InChI is InChI=1S/C17H20N4O3.HI/c1-12(2)24-16-9-5-14(6-10-16)20-17(18)19-11-13-3-7-15(8-4-13)21(22)23;/h3-10,12H,11H2,1-2H3,(H3,18,19,20);1H. The number of nitrogens with zero attached hydrogens (tertiary/aromatic N) is 2. The Hall–Kier alpha value is -2.36. The van der Waals surface area contributed by atoms with E-state index in [0.29, 0.717) is 6.54 Å². The molecule has 0 amide bonds. The molecule has 2 aromatic rings. The number of anilines is 1. The van der Waals surface area contributed by atoms with Crippen molar-refractivity contribution in [2.75, 3.05) is 5.32 Å². The molecule has 2 aromatic carbocycles. The molecule has 0 spiro atoms. The van der Waals surface area contributed by atoms with Crippen molar-refractivity contribution in [3.05, 3.63) is 64.2 Å². The van der Waals surface area contributed by atoms with Gasteiger partial charge in [0.2, 0.25) is 0 Å². The van der Waals surface area contributed by atoms with E-state index in [0.717, 1.165) is 17.0 Å². The summed E-state index contributed by atoms with van der Waals surface area (Å²) in [6, 6.07) is 13.6. The van der Waals surface area contributed by atoms with Gasteiger partial charge in [-0.05, 0) is 43.7 Å². The number of rotatable bonds is 6. The molecule has 134 valence electrons. The topological polar surface area (TPSA) is 103 Å². The van der Waals surface area contributed by atoms with E-state index in [1.807, 2.05) is 38.1 Å². The Balaban J connectivity index is 0.00000312. The van der Waals surface area contributed by atoms with Crippen molar-refractivity contribution < 1.29 is 9.66 Å². The molecule has 0 heterocycles. The monoisotopic (exact) mass is 456 g/mol. The Morgan fingerprint density at radius 2 is 1.80 bits per heavy atom. The maximum atomic E-state index is 10.6. The highest BCUT2D eigenvalue weighted by Crippen LogP contribution is 2.17. The summed E-state index contributed by atoms with van der Waals surface area (Å²) in [6.45, 7) is 4.27. The molecular weight excluding hydrogens is 435 g/mol. The lowest BCUT2D eigenvalue weighted by Crippen LogP contribution is -2.22. The number of nitrogens with one attached hydrogen (secondary N) is 1. The van der Waals surface area contributed by atoms with E-state index in [1.54, 1.807) is 12.1 Å². The van der Waals surface area contributed by atoms with Gasteiger partial charge in [0.25, 0.3) is 5.69 Å². The Kier molecular flexibility index (Phi) is 8.12. The highest BCUT2D eigenvalue weighted by molar-refractivity contribution is 14.0. The largest absolute Gasteiger partial charge is 0.491 e. The third kappa shape index (κ3) is 6.96. The maximum Gasteiger partial charge on any atom is 0.269 e. The maximum absolute atomic E-state index is 10.6. The molecule has 0 saturated carbocycles. The first-order valence-electron chi connectivity index (χ1n) is 7.51. The van der Waals surface area contributed by atoms with E-state index in [9.17, 15) is 10.1 Å². The van der Waals surface area contributed by atoms with Crippen LogP contribution in [0.3, 0.4) is 0 Å². The second kappa shape index (κ2) is 9.82. The average Bonchev–Trinajstić information content (AvgIpc) is 2.54. The van der Waals surface area contributed by atoms with Crippen LogP contribution in [-0.4, -0.2) is 17.0 Å². The van der Waals surface area contributed by atoms with Gasteiger partial charge in [-0.2, -0.15) is 0 Å². The molecule has 0 aromatic heterocycles. The van der Waals surface area contributed by atoms with E-state index in [2.05, 4.69) is 10.3 Å². The molecule has 7 nitrogen and oxygen atoms in total. The zero-order valence-electron chi connectivity index (χ0n) is 14.0. The Morgan fingerprint density at radius 1 is 1.20 bits per heavy atom. The quantitative estimate of drug-likeness (QED) is 0.226. The Bertz CT molecular complexity index is 716. The van der Waals surface area contributed by atoms with E-state index < -0.39 is 4.92 Å². The first-order chi connectivity index (χ1) is 11.4. The number of hydrogen-bond acceptors (Lipinski definition) is 4. The summed E-state index contributed by atoms with van der Waals surface area (Å²) in [5.41, 5.74) is 7.54. The number of nitro groups is 1. The van der Waals surface area contributed by atoms with Gasteiger partial charge in [-0.25, -0.2) is 4.99 Å². The van der Waals surface area contributed by atoms with Crippen molar-refractivity contribution in [3.8, 4) is 5.75 Å². The highest BCUT2D eigenvalue weighted by Gasteiger charge is 2.04. The van der Waals surface area contributed by atoms with Gasteiger partial charge in [0.15, 0.2) is 5.96 Å². The predicted molar refractivity (Wildman–Crippen MR) is 110 cm³/mol. The van der Waals surface area contributed by atoms with Crippen molar-refractivity contribution >= 4 is 41.3 Å². The Labute approximate surface area is 163 Å². The van der Waals surface area contributed by atoms with Gasteiger partial charge in [0, 0.05) is 17.8 Å². The minimum Gasteiger partial charge on any atom is -0.491 e. The number of guanidine groups is 1. The van der Waals surface area contributed by atoms with Gasteiger partial charge >= 0.3 is 0 Å². The summed E-state index contributed by atoms with van der Waals surface area (Å²) >= 11 is 0. The fourth-order valence-corrected chi connectivity index (χ4v) is 1.98. The van der Waals surface area contributed by atoms with Crippen molar-refractivity contribution in [2.24, 2.45) is 10.7 Å². The van der Waals surface area contributed by atoms with Gasteiger partial charge in [-0.15, -0.1) is 24.0 Å². The number of aliphatic imine (C=N–C) groups is 1. The second-order valence-electron chi connectivity index (χ2n) is 5.44. The lowest BCUT2D eigenvalue weighted by atomic mass is 10.2. The van der Waals surface area contributed by atoms with Gasteiger partial charge in [0.05, 0.1) is 17.6 Å². The molecule has 0 bridgehead atoms. The van der Waals surface area contributed by atoms with E-state index in [-0.39, 0.29) is 41.7 Å². The molecule has 0 aliphatic rings. The van der Waals surface area contributed by atoms with Gasteiger partial charge in [-0.3, -0.25) is 10.1 Å². The molecule has 0 radical (unpaired) electrons. The average molecular weight is 456 g/mol. The molecule has 0 atom stereocenters. The van der Waals surface area contributed by atoms with Crippen molar-refractivity contribution in [3.63, 3.8) is 0 Å². The zero-order chi connectivity index (χ0) is 17.5. The summed E-state index contributed by atoms with van der Waals surface area (Å²) in [4.78, 5) is 14.4. The number of ether oxygens (including phenoxy) is 1. The third-order valence-electron chi connectivity index (χ3n) is 3.08. The summed E-state index contributed by atoms with van der Waals surface area (Å²) in [7, 11) is 0. The van der Waals surface area contributed by atoms with E-state index in [1.165, 1.54) is 12.1 Å². The fraction of sp³-hybridized carbons (Fsp3) is 0.235. The fourth-order valence-electron chi connectivity index (χ4n) is 1.98. The van der Waals surface area contributed by atoms with Gasteiger partial charge in [-0.1, -0.05) is 12.1 Å². The number of hydrogen-bond donors (Lipinski definition) is 2. The molecule has 25 heavy (non-hydrogen) atoms. The number of halogens is 1. The molecule has 0 fully saturated rings. The SMILES string of the molecule is CC(C)Oc1ccc(NC(N)=NCc2ccc([N+](=O)[O-])cc2)cc1.I. The lowest BCUT2D eigenvalue weighted by molar-refractivity contribution is -0.384. The van der Waals surface area contributed by atoms with E-state index >= 15 is 0 Å². The van der Waals surface area contributed by atoms with Crippen LogP contribution in [0.25, 0.3) is 0 Å². The van der Waals surface area contributed by atoms with Crippen LogP contribution in [0.15, 0.2) is 53.5 Å². The van der Waals surface area contributed by atoms with Crippen LogP contribution in [0, 0.1) is 10.1 Å². The minimum atomic E-state index is -0.435. The third-order valence-corrected chi connectivity index (χ3v) is 3.08. The first kappa shape index (κ1) is 20.7. The van der Waals surface area contributed by atoms with Gasteiger partial charge < -0.3 is 15.8 Å². The summed E-state index contributed by atoms with van der Waals surface area (Å²) in [6.07, 6.45) is 0.122. The number of nitrogens with two attached hydrogens (primary N) is 1. The van der Waals surface area contributed by atoms with Crippen LogP contribution in [-0.2, 0) is 6.54 Å². The molecule has 2 rings (SSSR count). The smallest absolute Gasteiger partial charge is 0.269 e. The second-order valence-corrected chi connectivity index (χ2v) is 5.44. The van der Waals surface area contributed by atoms with Crippen molar-refractivity contribution in [1.29, 1.82) is 0 Å². The molecule has 8 heteroatoms. The lowest BCUT2D eigenvalue weighted by Gasteiger charge is -2.11. The molecule has 3 N–H and O–H groups in total. The van der Waals surface area contributed by atoms with Crippen LogP contribution in [0.1, 0.15) is 19.4 Å². The normalized spacial score (nSPS) is 10.9. The molecule has 0 unspecified atom stereocenters. The number of nitro benzene ring substituents is 1. The van der Waals surface area contributed by atoms with Crippen LogP contribution >= 0.6 is 24.0 Å². The highest BCUT2D eigenvalue weighted by atomic mass is 127. The number of benzene rings is 2. The summed E-state index contributed by atoms with van der Waals surface area (Å²) < 4.78 is 5.57. The number of non-ortho nitro benzene ring substituents is 1. The predicted octanol–water partition coefficient (Wildman–Crippen LogP) is 3.93. The van der Waals surface area contributed by atoms with Crippen LogP contribution in [0.5, 0.6) is 5.75 Å². The first-order valence-corrected chi connectivity index (χ1v) is 7.51. The minimum absolute atomic E-state index is 0. The van der Waals surface area contributed by atoms with E-state index in [4.69, 9.17) is 10.5 Å². The molecular formula is C17H21IN4O3. The summed E-state index contributed by atoms with van der Waals surface area (Å²) in [5, 5.41) is 13.6.